The van der Waals surface area contributed by atoms with Crippen molar-refractivity contribution in [2.75, 3.05) is 19.6 Å². The minimum Gasteiger partial charge on any atom is -0.481 e. The van der Waals surface area contributed by atoms with Gasteiger partial charge in [-0.2, -0.15) is 0 Å². The van der Waals surface area contributed by atoms with E-state index < -0.39 is 11.4 Å². The average molecular weight is 299 g/mol. The van der Waals surface area contributed by atoms with Gasteiger partial charge in [0.05, 0.1) is 5.41 Å². The van der Waals surface area contributed by atoms with Crippen LogP contribution >= 0.6 is 0 Å². The Morgan fingerprint density at radius 3 is 1.86 bits per heavy atom. The maximum Gasteiger partial charge on any atom is 0.314 e. The van der Waals surface area contributed by atoms with Crippen LogP contribution in [-0.2, 0) is 15.6 Å². The van der Waals surface area contributed by atoms with Gasteiger partial charge in [-0.3, -0.25) is 4.79 Å². The van der Waals surface area contributed by atoms with Crippen LogP contribution in [0.3, 0.4) is 0 Å². The van der Waals surface area contributed by atoms with Crippen LogP contribution in [0.1, 0.15) is 56.1 Å². The number of carboxylic acids is 1. The largest absolute Gasteiger partial charge is 0.481 e. The predicted octanol–water partition coefficient (Wildman–Crippen LogP) is 3.32. The van der Waals surface area contributed by atoms with Crippen molar-refractivity contribution in [3.05, 3.63) is 35.4 Å². The molecule has 3 heterocycles. The number of piperidine rings is 3. The number of rotatable bonds is 3. The summed E-state index contributed by atoms with van der Waals surface area (Å²) in [6.07, 6.45) is 7.44. The molecule has 5 rings (SSSR count). The van der Waals surface area contributed by atoms with Gasteiger partial charge >= 0.3 is 5.97 Å². The molecule has 0 atom stereocenters. The number of carbonyl (C=O) groups is 1. The second kappa shape index (κ2) is 5.09. The number of benzene rings is 1. The lowest BCUT2D eigenvalue weighted by atomic mass is 9.67. The Kier molecular flexibility index (Phi) is 3.30. The second-order valence-corrected chi connectivity index (χ2v) is 7.54. The molecule has 3 nitrogen and oxygen atoms in total. The highest BCUT2D eigenvalue weighted by Gasteiger charge is 2.44. The highest BCUT2D eigenvalue weighted by Crippen LogP contribution is 2.45. The van der Waals surface area contributed by atoms with E-state index in [0.29, 0.717) is 5.41 Å². The van der Waals surface area contributed by atoms with Crippen LogP contribution in [0.15, 0.2) is 24.3 Å². The van der Waals surface area contributed by atoms with Gasteiger partial charge in [0.15, 0.2) is 0 Å². The molecule has 3 saturated heterocycles. The van der Waals surface area contributed by atoms with Gasteiger partial charge < -0.3 is 10.0 Å². The zero-order valence-electron chi connectivity index (χ0n) is 13.2. The fourth-order valence-corrected chi connectivity index (χ4v) is 5.01. The fraction of sp³-hybridized carbons (Fsp3) is 0.632. The van der Waals surface area contributed by atoms with Crippen LogP contribution in [-0.4, -0.2) is 35.6 Å². The van der Waals surface area contributed by atoms with E-state index in [1.807, 2.05) is 0 Å². The van der Waals surface area contributed by atoms with Crippen LogP contribution in [0, 0.1) is 0 Å². The van der Waals surface area contributed by atoms with Gasteiger partial charge in [-0.05, 0) is 68.3 Å². The van der Waals surface area contributed by atoms with E-state index in [4.69, 9.17) is 0 Å². The van der Waals surface area contributed by atoms with Crippen molar-refractivity contribution in [1.29, 1.82) is 0 Å². The highest BCUT2D eigenvalue weighted by molar-refractivity contribution is 5.81. The second-order valence-electron chi connectivity index (χ2n) is 7.54. The number of fused-ring (bicyclic) bond motifs is 3. The Morgan fingerprint density at radius 2 is 1.36 bits per heavy atom. The molecule has 22 heavy (non-hydrogen) atoms. The summed E-state index contributed by atoms with van der Waals surface area (Å²) < 4.78 is 0. The zero-order valence-corrected chi connectivity index (χ0v) is 13.2. The number of aliphatic carboxylic acids is 1. The van der Waals surface area contributed by atoms with E-state index in [1.54, 1.807) is 0 Å². The molecular weight excluding hydrogens is 274 g/mol. The van der Waals surface area contributed by atoms with Gasteiger partial charge in [0, 0.05) is 0 Å². The van der Waals surface area contributed by atoms with Gasteiger partial charge in [-0.15, -0.1) is 0 Å². The third-order valence-electron chi connectivity index (χ3n) is 6.64. The third kappa shape index (κ3) is 2.02. The monoisotopic (exact) mass is 299 g/mol. The maximum absolute atomic E-state index is 11.8. The van der Waals surface area contributed by atoms with Crippen LogP contribution < -0.4 is 0 Å². The molecule has 118 valence electrons. The van der Waals surface area contributed by atoms with Crippen LogP contribution in [0.4, 0.5) is 0 Å². The molecule has 4 aliphatic rings. The topological polar surface area (TPSA) is 40.5 Å². The number of carboxylic acid groups (broad SMARTS) is 1. The Balaban J connectivity index is 1.64. The normalized spacial score (nSPS) is 33.0. The molecule has 1 aromatic carbocycles. The number of nitrogens with zero attached hydrogens (tertiary/aromatic N) is 1. The molecule has 1 N–H and O–H groups in total. The first-order chi connectivity index (χ1) is 10.6. The lowest BCUT2D eigenvalue weighted by molar-refractivity contribution is -0.143. The van der Waals surface area contributed by atoms with Gasteiger partial charge in [-0.1, -0.05) is 37.1 Å². The minimum atomic E-state index is -0.637. The summed E-state index contributed by atoms with van der Waals surface area (Å²) in [5.41, 5.74) is 2.20. The number of hydrogen-bond donors (Lipinski definition) is 1. The molecule has 3 aliphatic heterocycles. The summed E-state index contributed by atoms with van der Waals surface area (Å²) >= 11 is 0. The standard InChI is InChI=1S/C19H25NO2/c21-17(22)19(7-1-2-8-19)16-5-3-15(4-6-16)18-9-12-20(13-10-18)14-11-18/h3-6H,1-2,7-14H2,(H,21,22). The van der Waals surface area contributed by atoms with E-state index in [9.17, 15) is 9.90 Å². The molecule has 0 unspecified atom stereocenters. The Bertz CT molecular complexity index is 550. The number of hydrogen-bond acceptors (Lipinski definition) is 2. The van der Waals surface area contributed by atoms with Crippen molar-refractivity contribution in [3.8, 4) is 0 Å². The zero-order chi connectivity index (χ0) is 15.2. The Morgan fingerprint density at radius 1 is 0.864 bits per heavy atom. The summed E-state index contributed by atoms with van der Waals surface area (Å²) in [5.74, 6) is -0.637. The van der Waals surface area contributed by atoms with E-state index in [0.717, 1.165) is 31.2 Å². The summed E-state index contributed by atoms with van der Waals surface area (Å²) in [4.78, 5) is 14.4. The van der Waals surface area contributed by atoms with Gasteiger partial charge in [0.1, 0.15) is 0 Å². The van der Waals surface area contributed by atoms with Gasteiger partial charge in [0.2, 0.25) is 0 Å². The SMILES string of the molecule is O=C(O)C1(c2ccc(C34CCN(CC3)CC4)cc2)CCCC1. The summed E-state index contributed by atoms with van der Waals surface area (Å²) in [6.45, 7) is 3.67. The highest BCUT2D eigenvalue weighted by atomic mass is 16.4. The average Bonchev–Trinajstić information content (AvgIpc) is 3.08. The van der Waals surface area contributed by atoms with Crippen molar-refractivity contribution in [1.82, 2.24) is 4.90 Å². The van der Waals surface area contributed by atoms with Crippen molar-refractivity contribution in [3.63, 3.8) is 0 Å². The smallest absolute Gasteiger partial charge is 0.314 e. The molecule has 3 heteroatoms. The molecule has 1 aliphatic carbocycles. The van der Waals surface area contributed by atoms with E-state index in [1.165, 1.54) is 44.5 Å². The van der Waals surface area contributed by atoms with Crippen molar-refractivity contribution in [2.24, 2.45) is 0 Å². The van der Waals surface area contributed by atoms with Crippen LogP contribution in [0.25, 0.3) is 0 Å². The van der Waals surface area contributed by atoms with Gasteiger partial charge in [-0.25, -0.2) is 0 Å². The molecule has 4 fully saturated rings. The van der Waals surface area contributed by atoms with Crippen molar-refractivity contribution in [2.45, 2.75) is 55.8 Å². The van der Waals surface area contributed by atoms with Gasteiger partial charge in [0.25, 0.3) is 0 Å². The molecular formula is C19H25NO2. The quantitative estimate of drug-likeness (QED) is 0.931. The Labute approximate surface area is 132 Å². The third-order valence-corrected chi connectivity index (χ3v) is 6.64. The molecule has 0 spiro atoms. The lowest BCUT2D eigenvalue weighted by Gasteiger charge is -2.49. The maximum atomic E-state index is 11.8. The van der Waals surface area contributed by atoms with Crippen LogP contribution in [0.5, 0.6) is 0 Å². The molecule has 2 bridgehead atoms. The molecule has 1 saturated carbocycles. The van der Waals surface area contributed by atoms with Crippen LogP contribution in [0.2, 0.25) is 0 Å². The fourth-order valence-electron chi connectivity index (χ4n) is 5.01. The van der Waals surface area contributed by atoms with E-state index in [-0.39, 0.29) is 0 Å². The van der Waals surface area contributed by atoms with Crippen molar-refractivity contribution >= 4 is 5.97 Å². The molecule has 1 aromatic rings. The van der Waals surface area contributed by atoms with Crippen molar-refractivity contribution < 1.29 is 9.90 Å². The lowest BCUT2D eigenvalue weighted by Crippen LogP contribution is -2.50. The Hall–Kier alpha value is -1.35. The molecule has 0 amide bonds. The first-order valence-electron chi connectivity index (χ1n) is 8.72. The first kappa shape index (κ1) is 14.3. The summed E-state index contributed by atoms with van der Waals surface area (Å²) in [5, 5.41) is 9.73. The van der Waals surface area contributed by atoms with E-state index >= 15 is 0 Å². The molecule has 0 aromatic heterocycles. The summed E-state index contributed by atoms with van der Waals surface area (Å²) in [6, 6.07) is 8.70. The van der Waals surface area contributed by atoms with E-state index in [2.05, 4.69) is 29.2 Å². The molecule has 0 radical (unpaired) electrons. The minimum absolute atomic E-state index is 0.360. The summed E-state index contributed by atoms with van der Waals surface area (Å²) in [7, 11) is 0. The first-order valence-corrected chi connectivity index (χ1v) is 8.72. The predicted molar refractivity (Wildman–Crippen MR) is 86.2 cm³/mol.